The van der Waals surface area contributed by atoms with Crippen LogP contribution in [0.4, 0.5) is 5.69 Å². The molecule has 0 bridgehead atoms. The summed E-state index contributed by atoms with van der Waals surface area (Å²) in [5.41, 5.74) is 1.41. The van der Waals surface area contributed by atoms with Gasteiger partial charge in [-0.2, -0.15) is 0 Å². The summed E-state index contributed by atoms with van der Waals surface area (Å²) in [4.78, 5) is 11.8. The summed E-state index contributed by atoms with van der Waals surface area (Å²) >= 11 is 0. The lowest BCUT2D eigenvalue weighted by Gasteiger charge is -2.05. The molecular weight excluding hydrogens is 214 g/mol. The van der Waals surface area contributed by atoms with Crippen molar-refractivity contribution < 1.29 is 9.90 Å². The predicted molar refractivity (Wildman–Crippen MR) is 67.4 cm³/mol. The van der Waals surface area contributed by atoms with Crippen molar-refractivity contribution in [3.05, 3.63) is 60.2 Å². The lowest BCUT2D eigenvalue weighted by atomic mass is 10.1. The van der Waals surface area contributed by atoms with E-state index in [2.05, 4.69) is 5.32 Å². The number of phenols is 1. The summed E-state index contributed by atoms with van der Waals surface area (Å²) in [5, 5.41) is 12.2. The van der Waals surface area contributed by atoms with Gasteiger partial charge >= 0.3 is 0 Å². The maximum absolute atomic E-state index is 11.8. The number of carbonyl (C=O) groups is 1. The van der Waals surface area contributed by atoms with Gasteiger partial charge in [-0.25, -0.2) is 0 Å². The number of phenolic OH excluding ortho intramolecular Hbond substituents is 1. The standard InChI is InChI=1S/C14H13NO2/c16-13-8-4-7-12(9-13)15-10-14(17)11-5-2-1-3-6-11/h1-9,15-16H,10H2. The fourth-order valence-electron chi connectivity index (χ4n) is 1.52. The van der Waals surface area contributed by atoms with Crippen LogP contribution in [-0.2, 0) is 0 Å². The summed E-state index contributed by atoms with van der Waals surface area (Å²) in [6.45, 7) is 0.216. The van der Waals surface area contributed by atoms with Crippen molar-refractivity contribution in [2.24, 2.45) is 0 Å². The van der Waals surface area contributed by atoms with Crippen LogP contribution in [0, 0.1) is 0 Å². The zero-order valence-corrected chi connectivity index (χ0v) is 9.26. The summed E-state index contributed by atoms with van der Waals surface area (Å²) in [6, 6.07) is 15.8. The van der Waals surface area contributed by atoms with Gasteiger partial charge < -0.3 is 10.4 Å². The van der Waals surface area contributed by atoms with Crippen molar-refractivity contribution in [2.75, 3.05) is 11.9 Å². The second-order valence-corrected chi connectivity index (χ2v) is 3.69. The minimum absolute atomic E-state index is 0.0222. The quantitative estimate of drug-likeness (QED) is 0.789. The Balaban J connectivity index is 1.97. The molecule has 0 saturated heterocycles. The second-order valence-electron chi connectivity index (χ2n) is 3.69. The number of benzene rings is 2. The molecule has 0 aliphatic carbocycles. The van der Waals surface area contributed by atoms with E-state index in [0.29, 0.717) is 5.56 Å². The first-order valence-electron chi connectivity index (χ1n) is 5.37. The van der Waals surface area contributed by atoms with Crippen LogP contribution in [0.5, 0.6) is 5.75 Å². The fourth-order valence-corrected chi connectivity index (χ4v) is 1.52. The number of ketones is 1. The Morgan fingerprint density at radius 3 is 2.53 bits per heavy atom. The number of rotatable bonds is 4. The largest absolute Gasteiger partial charge is 0.508 e. The average Bonchev–Trinajstić information content (AvgIpc) is 2.37. The summed E-state index contributed by atoms with van der Waals surface area (Å²) in [5.74, 6) is 0.205. The average molecular weight is 227 g/mol. The number of hydrogen-bond acceptors (Lipinski definition) is 3. The molecule has 2 aromatic rings. The fraction of sp³-hybridized carbons (Fsp3) is 0.0714. The smallest absolute Gasteiger partial charge is 0.181 e. The molecule has 0 fully saturated rings. The third-order valence-electron chi connectivity index (χ3n) is 2.39. The molecule has 2 N–H and O–H groups in total. The molecule has 0 radical (unpaired) electrons. The zero-order valence-electron chi connectivity index (χ0n) is 9.26. The highest BCUT2D eigenvalue weighted by Gasteiger charge is 2.04. The van der Waals surface area contributed by atoms with E-state index in [4.69, 9.17) is 0 Å². The van der Waals surface area contributed by atoms with Crippen LogP contribution < -0.4 is 5.32 Å². The topological polar surface area (TPSA) is 49.3 Å². The van der Waals surface area contributed by atoms with E-state index in [1.54, 1.807) is 36.4 Å². The second kappa shape index (κ2) is 5.16. The molecule has 0 aliphatic rings. The van der Waals surface area contributed by atoms with Crippen LogP contribution in [0.3, 0.4) is 0 Å². The molecule has 0 unspecified atom stereocenters. The Hall–Kier alpha value is -2.29. The van der Waals surface area contributed by atoms with Crippen molar-refractivity contribution in [3.63, 3.8) is 0 Å². The van der Waals surface area contributed by atoms with Gasteiger partial charge in [-0.05, 0) is 12.1 Å². The minimum atomic E-state index is 0.0222. The Kier molecular flexibility index (Phi) is 3.40. The van der Waals surface area contributed by atoms with Crippen LogP contribution in [0.2, 0.25) is 0 Å². The van der Waals surface area contributed by atoms with Crippen molar-refractivity contribution in [1.82, 2.24) is 0 Å². The summed E-state index contributed by atoms with van der Waals surface area (Å²) in [6.07, 6.45) is 0. The maximum Gasteiger partial charge on any atom is 0.181 e. The van der Waals surface area contributed by atoms with Crippen LogP contribution >= 0.6 is 0 Å². The first-order chi connectivity index (χ1) is 8.25. The molecule has 3 heteroatoms. The van der Waals surface area contributed by atoms with Crippen LogP contribution in [-0.4, -0.2) is 17.4 Å². The molecule has 3 nitrogen and oxygen atoms in total. The van der Waals surface area contributed by atoms with Gasteiger partial charge in [-0.1, -0.05) is 36.4 Å². The molecule has 0 spiro atoms. The lowest BCUT2D eigenvalue weighted by molar-refractivity contribution is 0.101. The van der Waals surface area contributed by atoms with Crippen molar-refractivity contribution in [3.8, 4) is 5.75 Å². The Morgan fingerprint density at radius 1 is 1.06 bits per heavy atom. The first kappa shape index (κ1) is 11.2. The van der Waals surface area contributed by atoms with Gasteiger partial charge in [0.2, 0.25) is 0 Å². The van der Waals surface area contributed by atoms with Crippen molar-refractivity contribution in [2.45, 2.75) is 0 Å². The molecule has 0 aliphatic heterocycles. The van der Waals surface area contributed by atoms with E-state index in [-0.39, 0.29) is 18.1 Å². The molecule has 0 atom stereocenters. The zero-order chi connectivity index (χ0) is 12.1. The van der Waals surface area contributed by atoms with Gasteiger partial charge in [0.1, 0.15) is 5.75 Å². The Morgan fingerprint density at radius 2 is 1.82 bits per heavy atom. The molecule has 2 aromatic carbocycles. The lowest BCUT2D eigenvalue weighted by Crippen LogP contribution is -2.13. The highest BCUT2D eigenvalue weighted by atomic mass is 16.3. The maximum atomic E-state index is 11.8. The third kappa shape index (κ3) is 3.08. The number of hydrogen-bond donors (Lipinski definition) is 2. The molecular formula is C14H13NO2. The van der Waals surface area contributed by atoms with Crippen LogP contribution in [0.15, 0.2) is 54.6 Å². The van der Waals surface area contributed by atoms with Crippen LogP contribution in [0.25, 0.3) is 0 Å². The van der Waals surface area contributed by atoms with E-state index in [1.165, 1.54) is 0 Å². The number of anilines is 1. The molecule has 17 heavy (non-hydrogen) atoms. The third-order valence-corrected chi connectivity index (χ3v) is 2.39. The minimum Gasteiger partial charge on any atom is -0.508 e. The van der Waals surface area contributed by atoms with E-state index in [9.17, 15) is 9.90 Å². The van der Waals surface area contributed by atoms with Gasteiger partial charge in [0.15, 0.2) is 5.78 Å². The highest BCUT2D eigenvalue weighted by molar-refractivity contribution is 5.98. The molecule has 2 rings (SSSR count). The summed E-state index contributed by atoms with van der Waals surface area (Å²) in [7, 11) is 0. The van der Waals surface area contributed by atoms with Gasteiger partial charge in [0.25, 0.3) is 0 Å². The number of nitrogens with one attached hydrogen (secondary N) is 1. The molecule has 0 heterocycles. The SMILES string of the molecule is O=C(CNc1cccc(O)c1)c1ccccc1. The first-order valence-corrected chi connectivity index (χ1v) is 5.37. The Bertz CT molecular complexity index is 509. The Labute approximate surface area is 99.7 Å². The predicted octanol–water partition coefficient (Wildman–Crippen LogP) is 2.69. The van der Waals surface area contributed by atoms with E-state index in [0.717, 1.165) is 5.69 Å². The van der Waals surface area contributed by atoms with Gasteiger partial charge in [0.05, 0.1) is 6.54 Å². The van der Waals surface area contributed by atoms with E-state index in [1.807, 2.05) is 18.2 Å². The van der Waals surface area contributed by atoms with Crippen molar-refractivity contribution >= 4 is 11.5 Å². The van der Waals surface area contributed by atoms with E-state index < -0.39 is 0 Å². The molecule has 0 saturated carbocycles. The number of carbonyl (C=O) groups excluding carboxylic acids is 1. The van der Waals surface area contributed by atoms with Gasteiger partial charge in [0, 0.05) is 17.3 Å². The highest BCUT2D eigenvalue weighted by Crippen LogP contribution is 2.15. The molecule has 0 aromatic heterocycles. The van der Waals surface area contributed by atoms with E-state index >= 15 is 0 Å². The van der Waals surface area contributed by atoms with Crippen LogP contribution in [0.1, 0.15) is 10.4 Å². The normalized spacial score (nSPS) is 9.88. The van der Waals surface area contributed by atoms with Gasteiger partial charge in [-0.3, -0.25) is 4.79 Å². The van der Waals surface area contributed by atoms with Gasteiger partial charge in [-0.15, -0.1) is 0 Å². The summed E-state index contributed by atoms with van der Waals surface area (Å²) < 4.78 is 0. The molecule has 0 amide bonds. The monoisotopic (exact) mass is 227 g/mol. The van der Waals surface area contributed by atoms with Crippen molar-refractivity contribution in [1.29, 1.82) is 0 Å². The molecule has 86 valence electrons. The number of aromatic hydroxyl groups is 1. The number of Topliss-reactive ketones (excluding diaryl/α,β-unsaturated/α-hetero) is 1.